The van der Waals surface area contributed by atoms with Crippen molar-refractivity contribution in [2.24, 2.45) is 0 Å². The number of nitrogens with one attached hydrogen (secondary N) is 1. The van der Waals surface area contributed by atoms with Crippen molar-refractivity contribution in [2.45, 2.75) is 70.5 Å². The van der Waals surface area contributed by atoms with Gasteiger partial charge in [-0.3, -0.25) is 9.69 Å². The molecule has 0 bridgehead atoms. The zero-order valence-corrected chi connectivity index (χ0v) is 23.0. The summed E-state index contributed by atoms with van der Waals surface area (Å²) < 4.78 is 6.10. The van der Waals surface area contributed by atoms with E-state index in [2.05, 4.69) is 89.9 Å². The first-order valence-electron chi connectivity index (χ1n) is 14.4. The monoisotopic (exact) mass is 520 g/mol. The second kappa shape index (κ2) is 13.4. The minimum atomic E-state index is -0.149. The topological polar surface area (TPSA) is 45.5 Å². The standard InChI is InChI=1S/C35H40N2O2/c1-27-12-11-13-28(24-27)25-37(31-18-9-4-10-19-31)26-32-20-21-34(39-32)35(38)36-23-22-33(29-14-5-2-6-15-29)30-16-7-3-8-17-30/h2-3,5-8,11-17,20-21,24,31,33H,4,9-10,18-19,22-23,25-26H2,1H3,(H,36,38). The average molecular weight is 521 g/mol. The van der Waals surface area contributed by atoms with E-state index in [4.69, 9.17) is 4.42 Å². The highest BCUT2D eigenvalue weighted by Gasteiger charge is 2.23. The van der Waals surface area contributed by atoms with Crippen LogP contribution >= 0.6 is 0 Å². The van der Waals surface area contributed by atoms with E-state index >= 15 is 0 Å². The number of amides is 1. The van der Waals surface area contributed by atoms with E-state index in [1.807, 2.05) is 24.3 Å². The Hall–Kier alpha value is -3.63. The molecule has 0 atom stereocenters. The molecule has 3 aromatic carbocycles. The zero-order valence-electron chi connectivity index (χ0n) is 23.0. The van der Waals surface area contributed by atoms with Crippen LogP contribution < -0.4 is 5.32 Å². The van der Waals surface area contributed by atoms with Crippen molar-refractivity contribution in [3.8, 4) is 0 Å². The Morgan fingerprint density at radius 3 is 2.21 bits per heavy atom. The van der Waals surface area contributed by atoms with Gasteiger partial charge in [0.05, 0.1) is 6.54 Å². The van der Waals surface area contributed by atoms with E-state index in [0.29, 0.717) is 18.3 Å². The molecule has 0 spiro atoms. The highest BCUT2D eigenvalue weighted by Crippen LogP contribution is 2.28. The Labute approximate surface area is 233 Å². The fraction of sp³-hybridized carbons (Fsp3) is 0.343. The van der Waals surface area contributed by atoms with Crippen LogP contribution in [-0.2, 0) is 13.1 Å². The van der Waals surface area contributed by atoms with E-state index in [-0.39, 0.29) is 11.8 Å². The molecule has 4 aromatic rings. The van der Waals surface area contributed by atoms with Crippen molar-refractivity contribution in [3.05, 3.63) is 131 Å². The van der Waals surface area contributed by atoms with Gasteiger partial charge in [-0.2, -0.15) is 0 Å². The molecule has 4 nitrogen and oxygen atoms in total. The summed E-state index contributed by atoms with van der Waals surface area (Å²) in [6.07, 6.45) is 7.17. The van der Waals surface area contributed by atoms with Gasteiger partial charge < -0.3 is 9.73 Å². The molecular weight excluding hydrogens is 480 g/mol. The summed E-state index contributed by atoms with van der Waals surface area (Å²) in [6.45, 7) is 4.34. The van der Waals surface area contributed by atoms with Gasteiger partial charge in [0.25, 0.3) is 5.91 Å². The highest BCUT2D eigenvalue weighted by atomic mass is 16.4. The number of aryl methyl sites for hydroxylation is 1. The Bertz CT molecular complexity index is 1270. The van der Waals surface area contributed by atoms with E-state index in [0.717, 1.165) is 25.3 Å². The summed E-state index contributed by atoms with van der Waals surface area (Å²) in [4.78, 5) is 15.6. The number of benzene rings is 3. The third-order valence-corrected chi connectivity index (χ3v) is 7.93. The summed E-state index contributed by atoms with van der Waals surface area (Å²) in [5, 5.41) is 3.10. The lowest BCUT2D eigenvalue weighted by atomic mass is 9.88. The molecule has 0 aliphatic heterocycles. The van der Waals surface area contributed by atoms with Crippen molar-refractivity contribution in [3.63, 3.8) is 0 Å². The largest absolute Gasteiger partial charge is 0.455 e. The predicted octanol–water partition coefficient (Wildman–Crippen LogP) is 7.87. The maximum atomic E-state index is 13.0. The van der Waals surface area contributed by atoms with Crippen LogP contribution in [0.3, 0.4) is 0 Å². The van der Waals surface area contributed by atoms with Gasteiger partial charge in [0.15, 0.2) is 5.76 Å². The Morgan fingerprint density at radius 1 is 0.846 bits per heavy atom. The summed E-state index contributed by atoms with van der Waals surface area (Å²) in [7, 11) is 0. The molecule has 4 heteroatoms. The van der Waals surface area contributed by atoms with Crippen LogP contribution in [0.5, 0.6) is 0 Å². The normalized spacial score (nSPS) is 14.1. The SMILES string of the molecule is Cc1cccc(CN(Cc2ccc(C(=O)NCCC(c3ccccc3)c3ccccc3)o2)C2CCCCC2)c1. The Morgan fingerprint density at radius 2 is 1.54 bits per heavy atom. The van der Waals surface area contributed by atoms with E-state index in [9.17, 15) is 4.79 Å². The van der Waals surface area contributed by atoms with Crippen molar-refractivity contribution < 1.29 is 9.21 Å². The maximum Gasteiger partial charge on any atom is 0.286 e. The lowest BCUT2D eigenvalue weighted by Crippen LogP contribution is -2.35. The molecule has 1 aromatic heterocycles. The third-order valence-electron chi connectivity index (χ3n) is 7.93. The summed E-state index contributed by atoms with van der Waals surface area (Å²) in [5.74, 6) is 1.32. The number of carbonyl (C=O) groups is 1. The Balaban J connectivity index is 1.21. The second-order valence-corrected chi connectivity index (χ2v) is 10.9. The first kappa shape index (κ1) is 27.0. The van der Waals surface area contributed by atoms with Crippen LogP contribution in [0.4, 0.5) is 0 Å². The van der Waals surface area contributed by atoms with Gasteiger partial charge >= 0.3 is 0 Å². The molecule has 0 unspecified atom stereocenters. The van der Waals surface area contributed by atoms with E-state index in [1.165, 1.54) is 54.4 Å². The van der Waals surface area contributed by atoms with Gasteiger partial charge in [0, 0.05) is 25.0 Å². The molecule has 1 aliphatic carbocycles. The molecule has 1 aliphatic rings. The first-order valence-corrected chi connectivity index (χ1v) is 14.4. The van der Waals surface area contributed by atoms with Crippen molar-refractivity contribution in [1.29, 1.82) is 0 Å². The molecule has 1 fully saturated rings. The van der Waals surface area contributed by atoms with Gasteiger partial charge in [-0.1, -0.05) is 110 Å². The van der Waals surface area contributed by atoms with Crippen molar-refractivity contribution in [2.75, 3.05) is 6.54 Å². The molecular formula is C35H40N2O2. The first-order chi connectivity index (χ1) is 19.2. The van der Waals surface area contributed by atoms with Crippen molar-refractivity contribution >= 4 is 5.91 Å². The minimum absolute atomic E-state index is 0.149. The van der Waals surface area contributed by atoms with Crippen LogP contribution in [0.2, 0.25) is 0 Å². The highest BCUT2D eigenvalue weighted by molar-refractivity contribution is 5.91. The van der Waals surface area contributed by atoms with Crippen LogP contribution in [0.15, 0.2) is 101 Å². The third kappa shape index (κ3) is 7.48. The molecule has 39 heavy (non-hydrogen) atoms. The predicted molar refractivity (Wildman–Crippen MR) is 158 cm³/mol. The van der Waals surface area contributed by atoms with Crippen LogP contribution in [0, 0.1) is 6.92 Å². The molecule has 5 rings (SSSR count). The number of hydrogen-bond donors (Lipinski definition) is 1. The summed E-state index contributed by atoms with van der Waals surface area (Å²) in [5.41, 5.74) is 5.13. The number of nitrogens with zero attached hydrogens (tertiary/aromatic N) is 1. The fourth-order valence-corrected chi connectivity index (χ4v) is 5.90. The van der Waals surface area contributed by atoms with Crippen LogP contribution in [0.1, 0.15) is 83.0 Å². The van der Waals surface area contributed by atoms with E-state index < -0.39 is 0 Å². The molecule has 1 saturated carbocycles. The quantitative estimate of drug-likeness (QED) is 0.219. The van der Waals surface area contributed by atoms with Crippen molar-refractivity contribution in [1.82, 2.24) is 10.2 Å². The van der Waals surface area contributed by atoms with Crippen LogP contribution in [0.25, 0.3) is 0 Å². The number of furan rings is 1. The molecule has 1 heterocycles. The van der Waals surface area contributed by atoms with Gasteiger partial charge in [0.2, 0.25) is 0 Å². The molecule has 0 radical (unpaired) electrons. The minimum Gasteiger partial charge on any atom is -0.455 e. The fourth-order valence-electron chi connectivity index (χ4n) is 5.90. The van der Waals surface area contributed by atoms with Gasteiger partial charge in [0.1, 0.15) is 5.76 Å². The molecule has 0 saturated heterocycles. The second-order valence-electron chi connectivity index (χ2n) is 10.9. The number of rotatable bonds is 11. The smallest absolute Gasteiger partial charge is 0.286 e. The summed E-state index contributed by atoms with van der Waals surface area (Å²) >= 11 is 0. The van der Waals surface area contributed by atoms with Gasteiger partial charge in [-0.25, -0.2) is 0 Å². The number of carbonyl (C=O) groups excluding carboxylic acids is 1. The maximum absolute atomic E-state index is 13.0. The summed E-state index contributed by atoms with van der Waals surface area (Å²) in [6, 6.07) is 34.1. The lowest BCUT2D eigenvalue weighted by molar-refractivity contribution is 0.0915. The van der Waals surface area contributed by atoms with Gasteiger partial charge in [-0.05, 0) is 55.0 Å². The Kier molecular flexibility index (Phi) is 9.29. The van der Waals surface area contributed by atoms with Crippen LogP contribution in [-0.4, -0.2) is 23.4 Å². The lowest BCUT2D eigenvalue weighted by Gasteiger charge is -2.34. The molecule has 1 amide bonds. The van der Waals surface area contributed by atoms with E-state index in [1.54, 1.807) is 0 Å². The van der Waals surface area contributed by atoms with Gasteiger partial charge in [-0.15, -0.1) is 0 Å². The zero-order chi connectivity index (χ0) is 26.9. The molecule has 1 N–H and O–H groups in total. The molecule has 202 valence electrons. The average Bonchev–Trinajstić information content (AvgIpc) is 3.45. The number of hydrogen-bond acceptors (Lipinski definition) is 3.